The molecule has 6 rings (SSSR count). The fraction of sp³-hybridized carbons (Fsp3) is 0.594. The van der Waals surface area contributed by atoms with Crippen molar-refractivity contribution in [2.75, 3.05) is 6.54 Å². The largest absolute Gasteiger partial charge is 0.444 e. The van der Waals surface area contributed by atoms with Gasteiger partial charge in [-0.05, 0) is 50.2 Å². The van der Waals surface area contributed by atoms with E-state index < -0.39 is 80.5 Å². The van der Waals surface area contributed by atoms with Gasteiger partial charge in [-0.2, -0.15) is 0 Å². The lowest BCUT2D eigenvalue weighted by molar-refractivity contribution is -0.142. The molecule has 1 saturated heterocycles. The monoisotopic (exact) mass is 673 g/mol. The van der Waals surface area contributed by atoms with Gasteiger partial charge in [0.15, 0.2) is 0 Å². The van der Waals surface area contributed by atoms with Gasteiger partial charge in [0.1, 0.15) is 29.5 Å². The Hall–Kier alpha value is -4.01. The van der Waals surface area contributed by atoms with Crippen LogP contribution < -0.4 is 15.4 Å². The molecule has 3 aliphatic heterocycles. The number of nitrogens with one attached hydrogen (secondary N) is 3. The lowest BCUT2D eigenvalue weighted by atomic mass is 10.0. The Balaban J connectivity index is 1.24. The molecule has 3 heterocycles. The van der Waals surface area contributed by atoms with E-state index in [4.69, 9.17) is 4.74 Å². The fourth-order valence-corrected chi connectivity index (χ4v) is 8.18. The van der Waals surface area contributed by atoms with Crippen molar-refractivity contribution in [3.8, 4) is 0 Å². The molecule has 5 amide bonds. The zero-order valence-electron chi connectivity index (χ0n) is 26.2. The Kier molecular flexibility index (Phi) is 9.02. The van der Waals surface area contributed by atoms with Crippen LogP contribution in [0.25, 0.3) is 0 Å². The standard InChI is InChI=1S/C32H40FN5O8S/c1-19(39)34-26-11-6-4-2-3-5-9-21-15-32(21,30(42)36-47(44,45)23-12-13-23)35-28(40)27-14-22(17-38(27)29(26)41)46-31(43)37-16-20-8-7-10-25(33)24(20)18-37/h5,7-10,21-23,26-27H,2-4,6,11-18H2,1H3,(H,34,39)(H,35,40)(H,36,42)/b9-5-/t21-,22-,26+,27+,32-/m1/s1. The van der Waals surface area contributed by atoms with Crippen LogP contribution in [0.2, 0.25) is 0 Å². The van der Waals surface area contributed by atoms with E-state index in [-0.39, 0.29) is 32.5 Å². The summed E-state index contributed by atoms with van der Waals surface area (Å²) < 4.78 is 47.6. The number of fused-ring (bicyclic) bond motifs is 3. The molecule has 3 fully saturated rings. The number of rotatable bonds is 5. The number of carbonyl (C=O) groups excluding carboxylic acids is 5. The summed E-state index contributed by atoms with van der Waals surface area (Å²) in [6.45, 7) is 1.31. The molecule has 0 bridgehead atoms. The molecule has 0 unspecified atom stereocenters. The molecule has 0 spiro atoms. The maximum absolute atomic E-state index is 14.3. The van der Waals surface area contributed by atoms with E-state index in [0.717, 1.165) is 12.8 Å². The third-order valence-corrected chi connectivity index (χ3v) is 11.5. The third kappa shape index (κ3) is 6.99. The topological polar surface area (TPSA) is 171 Å². The summed E-state index contributed by atoms with van der Waals surface area (Å²) >= 11 is 0. The summed E-state index contributed by atoms with van der Waals surface area (Å²) in [6, 6.07) is 2.51. The molecule has 0 radical (unpaired) electrons. The molecule has 5 aliphatic rings. The SMILES string of the molecule is CC(=O)N[C@H]1CCCCC/C=C\[C@@H]2C[C@@]2(C(=O)NS(=O)(=O)C2CC2)NC(=O)[C@@H]2C[C@@H](OC(=O)N3Cc4cccc(F)c4C3)CN2C1=O. The molecule has 47 heavy (non-hydrogen) atoms. The molecule has 3 N–H and O–H groups in total. The normalized spacial score (nSPS) is 30.1. The minimum absolute atomic E-state index is 0.0149. The molecule has 5 atom stereocenters. The number of benzene rings is 1. The van der Waals surface area contributed by atoms with Crippen LogP contribution in [0.5, 0.6) is 0 Å². The molecule has 1 aromatic carbocycles. The number of ether oxygens (including phenoxy) is 1. The highest BCUT2D eigenvalue weighted by atomic mass is 32.2. The Morgan fingerprint density at radius 1 is 1.09 bits per heavy atom. The molecule has 254 valence electrons. The first-order valence-electron chi connectivity index (χ1n) is 16.2. The van der Waals surface area contributed by atoms with Crippen LogP contribution in [0.4, 0.5) is 9.18 Å². The summed E-state index contributed by atoms with van der Waals surface area (Å²) in [5.41, 5.74) is -0.465. The maximum Gasteiger partial charge on any atom is 0.410 e. The van der Waals surface area contributed by atoms with Crippen LogP contribution in [0.1, 0.15) is 75.8 Å². The van der Waals surface area contributed by atoms with Crippen molar-refractivity contribution in [1.29, 1.82) is 0 Å². The zero-order chi connectivity index (χ0) is 33.5. The quantitative estimate of drug-likeness (QED) is 0.397. The van der Waals surface area contributed by atoms with E-state index in [0.29, 0.717) is 43.2 Å². The summed E-state index contributed by atoms with van der Waals surface area (Å²) in [5, 5.41) is 4.83. The van der Waals surface area contributed by atoms with E-state index in [1.54, 1.807) is 12.1 Å². The van der Waals surface area contributed by atoms with Crippen molar-refractivity contribution in [2.24, 2.45) is 5.92 Å². The van der Waals surface area contributed by atoms with Gasteiger partial charge in [0.2, 0.25) is 27.7 Å². The van der Waals surface area contributed by atoms with Gasteiger partial charge < -0.3 is 20.3 Å². The predicted molar refractivity (Wildman–Crippen MR) is 165 cm³/mol. The van der Waals surface area contributed by atoms with Gasteiger partial charge in [-0.15, -0.1) is 0 Å². The lowest BCUT2D eigenvalue weighted by Gasteiger charge is -2.29. The summed E-state index contributed by atoms with van der Waals surface area (Å²) in [5.74, 6) is -3.33. The van der Waals surface area contributed by atoms with Crippen molar-refractivity contribution < 1.29 is 41.5 Å². The second-order valence-corrected chi connectivity index (χ2v) is 15.2. The van der Waals surface area contributed by atoms with Crippen LogP contribution in [-0.2, 0) is 47.0 Å². The number of amides is 5. The van der Waals surface area contributed by atoms with Gasteiger partial charge in [0.25, 0.3) is 5.91 Å². The number of hydrogen-bond acceptors (Lipinski definition) is 8. The van der Waals surface area contributed by atoms with E-state index >= 15 is 0 Å². The average molecular weight is 674 g/mol. The van der Waals surface area contributed by atoms with Gasteiger partial charge in [-0.25, -0.2) is 17.6 Å². The molecular weight excluding hydrogens is 633 g/mol. The van der Waals surface area contributed by atoms with Crippen LogP contribution in [0, 0.1) is 11.7 Å². The summed E-state index contributed by atoms with van der Waals surface area (Å²) in [7, 11) is -3.89. The lowest BCUT2D eigenvalue weighted by Crippen LogP contribution is -2.58. The second-order valence-electron chi connectivity index (χ2n) is 13.2. The van der Waals surface area contributed by atoms with E-state index in [1.165, 1.54) is 22.8 Å². The summed E-state index contributed by atoms with van der Waals surface area (Å²) in [4.78, 5) is 69.3. The third-order valence-electron chi connectivity index (χ3n) is 9.67. The van der Waals surface area contributed by atoms with Crippen LogP contribution >= 0.6 is 0 Å². The number of carbonyl (C=O) groups is 5. The van der Waals surface area contributed by atoms with Gasteiger partial charge >= 0.3 is 6.09 Å². The maximum atomic E-state index is 14.3. The smallest absolute Gasteiger partial charge is 0.410 e. The highest BCUT2D eigenvalue weighted by Crippen LogP contribution is 2.46. The van der Waals surface area contributed by atoms with Gasteiger partial charge in [0, 0.05) is 31.4 Å². The Bertz CT molecular complexity index is 1610. The first-order chi connectivity index (χ1) is 22.4. The van der Waals surface area contributed by atoms with Crippen molar-refractivity contribution in [1.82, 2.24) is 25.2 Å². The number of nitrogens with zero attached hydrogens (tertiary/aromatic N) is 2. The molecule has 1 aromatic rings. The zero-order valence-corrected chi connectivity index (χ0v) is 27.0. The average Bonchev–Trinajstić information content (AvgIpc) is 3.89. The minimum Gasteiger partial charge on any atom is -0.444 e. The van der Waals surface area contributed by atoms with Crippen molar-refractivity contribution in [2.45, 2.75) is 107 Å². The molecular formula is C32H40FN5O8S. The van der Waals surface area contributed by atoms with Crippen molar-refractivity contribution >= 4 is 39.7 Å². The fourth-order valence-electron chi connectivity index (χ4n) is 6.82. The summed E-state index contributed by atoms with van der Waals surface area (Å²) in [6.07, 6.45) is 6.32. The Morgan fingerprint density at radius 2 is 1.87 bits per heavy atom. The minimum atomic E-state index is -3.89. The second kappa shape index (κ2) is 12.9. The number of allylic oxidation sites excluding steroid dienone is 1. The van der Waals surface area contributed by atoms with Gasteiger partial charge in [-0.1, -0.05) is 37.1 Å². The molecule has 13 nitrogen and oxygen atoms in total. The van der Waals surface area contributed by atoms with Gasteiger partial charge in [0.05, 0.1) is 18.3 Å². The molecule has 2 aliphatic carbocycles. The Morgan fingerprint density at radius 3 is 2.60 bits per heavy atom. The predicted octanol–water partition coefficient (Wildman–Crippen LogP) is 1.76. The van der Waals surface area contributed by atoms with Crippen LogP contribution in [0.3, 0.4) is 0 Å². The van der Waals surface area contributed by atoms with E-state index in [1.807, 2.05) is 12.2 Å². The Labute approximate surface area is 272 Å². The molecule has 2 saturated carbocycles. The first-order valence-corrected chi connectivity index (χ1v) is 17.8. The molecule has 0 aromatic heterocycles. The highest BCUT2D eigenvalue weighted by Gasteiger charge is 2.62. The number of halogens is 1. The van der Waals surface area contributed by atoms with Crippen LogP contribution in [0.15, 0.2) is 30.4 Å². The number of hydrogen-bond donors (Lipinski definition) is 3. The first kappa shape index (κ1) is 32.9. The van der Waals surface area contributed by atoms with E-state index in [9.17, 15) is 36.8 Å². The van der Waals surface area contributed by atoms with Gasteiger partial charge in [-0.3, -0.25) is 28.8 Å². The van der Waals surface area contributed by atoms with Crippen LogP contribution in [-0.4, -0.2) is 83.5 Å². The highest BCUT2D eigenvalue weighted by molar-refractivity contribution is 7.91. The van der Waals surface area contributed by atoms with Crippen molar-refractivity contribution in [3.63, 3.8) is 0 Å². The molecule has 15 heteroatoms. The van der Waals surface area contributed by atoms with E-state index in [2.05, 4.69) is 15.4 Å². The van der Waals surface area contributed by atoms with Crippen molar-refractivity contribution in [3.05, 3.63) is 47.3 Å². The number of sulfonamides is 1.